The molecule has 21 heavy (non-hydrogen) atoms. The van der Waals surface area contributed by atoms with E-state index in [9.17, 15) is 9.59 Å². The maximum absolute atomic E-state index is 12.0. The first-order chi connectivity index (χ1) is 9.81. The fourth-order valence-electron chi connectivity index (χ4n) is 1.94. The van der Waals surface area contributed by atoms with Crippen molar-refractivity contribution >= 4 is 17.6 Å². The van der Waals surface area contributed by atoms with Crippen LogP contribution in [0.15, 0.2) is 24.3 Å². The molecule has 6 nitrogen and oxygen atoms in total. The zero-order chi connectivity index (χ0) is 16.0. The summed E-state index contributed by atoms with van der Waals surface area (Å²) in [6.45, 7) is 0.452. The minimum atomic E-state index is -0.944. The summed E-state index contributed by atoms with van der Waals surface area (Å²) in [5.41, 5.74) is 7.81. The van der Waals surface area contributed by atoms with Crippen LogP contribution in [0.2, 0.25) is 0 Å². The zero-order valence-corrected chi connectivity index (χ0v) is 12.7. The molecule has 0 spiro atoms. The second-order valence-corrected chi connectivity index (χ2v) is 5.29. The topological polar surface area (TPSA) is 86.9 Å². The molecule has 1 amide bonds. The number of nitrogens with two attached hydrogens (primary N) is 1. The first kappa shape index (κ1) is 17.0. The van der Waals surface area contributed by atoms with Gasteiger partial charge in [-0.1, -0.05) is 12.1 Å². The molecule has 0 fully saturated rings. The second-order valence-electron chi connectivity index (χ2n) is 5.29. The second kappa shape index (κ2) is 7.64. The Morgan fingerprint density at radius 3 is 2.24 bits per heavy atom. The first-order valence-electron chi connectivity index (χ1n) is 6.80. The minimum Gasteiger partial charge on any atom is -0.481 e. The van der Waals surface area contributed by atoms with Gasteiger partial charge < -0.3 is 20.6 Å². The number of hydrogen-bond donors (Lipinski definition) is 2. The highest BCUT2D eigenvalue weighted by molar-refractivity contribution is 5.82. The molecule has 0 aliphatic carbocycles. The Bertz CT molecular complexity index is 485. The van der Waals surface area contributed by atoms with Gasteiger partial charge in [0.1, 0.15) is 0 Å². The van der Waals surface area contributed by atoms with Crippen molar-refractivity contribution in [2.75, 3.05) is 26.0 Å². The molecule has 3 N–H and O–H groups in total. The van der Waals surface area contributed by atoms with Gasteiger partial charge in [-0.25, -0.2) is 0 Å². The summed E-state index contributed by atoms with van der Waals surface area (Å²) < 4.78 is 0. The van der Waals surface area contributed by atoms with E-state index < -0.39 is 12.0 Å². The summed E-state index contributed by atoms with van der Waals surface area (Å²) in [7, 11) is 5.60. The van der Waals surface area contributed by atoms with Gasteiger partial charge in [-0.15, -0.1) is 0 Å². The number of aliphatic carboxylic acids is 1. The van der Waals surface area contributed by atoms with E-state index in [0.717, 1.165) is 11.3 Å². The van der Waals surface area contributed by atoms with Gasteiger partial charge in [0.15, 0.2) is 0 Å². The Kier molecular flexibility index (Phi) is 6.17. The van der Waals surface area contributed by atoms with Gasteiger partial charge in [0.2, 0.25) is 5.91 Å². The van der Waals surface area contributed by atoms with Crippen molar-refractivity contribution in [2.45, 2.75) is 25.4 Å². The van der Waals surface area contributed by atoms with Crippen LogP contribution in [0.3, 0.4) is 0 Å². The highest BCUT2D eigenvalue weighted by Gasteiger charge is 2.19. The summed E-state index contributed by atoms with van der Waals surface area (Å²) in [6, 6.07) is 7.12. The third kappa shape index (κ3) is 5.43. The molecule has 0 heterocycles. The van der Waals surface area contributed by atoms with Crippen LogP contribution in [-0.2, 0) is 16.1 Å². The maximum atomic E-state index is 12.0. The van der Waals surface area contributed by atoms with Crippen molar-refractivity contribution in [3.8, 4) is 0 Å². The van der Waals surface area contributed by atoms with Crippen molar-refractivity contribution < 1.29 is 14.7 Å². The molecule has 1 unspecified atom stereocenters. The molecule has 0 aliphatic heterocycles. The van der Waals surface area contributed by atoms with Crippen molar-refractivity contribution in [2.24, 2.45) is 5.73 Å². The smallest absolute Gasteiger partial charge is 0.303 e. The molecule has 0 radical (unpaired) electrons. The predicted octanol–water partition coefficient (Wildman–Crippen LogP) is 0.903. The van der Waals surface area contributed by atoms with E-state index in [1.54, 1.807) is 7.05 Å². The third-order valence-electron chi connectivity index (χ3n) is 3.24. The summed E-state index contributed by atoms with van der Waals surface area (Å²) in [5.74, 6) is -1.19. The molecule has 0 aliphatic rings. The Hall–Kier alpha value is -2.08. The number of hydrogen-bond acceptors (Lipinski definition) is 4. The predicted molar refractivity (Wildman–Crippen MR) is 82.1 cm³/mol. The van der Waals surface area contributed by atoms with Crippen LogP contribution in [-0.4, -0.2) is 49.1 Å². The average Bonchev–Trinajstić information content (AvgIpc) is 2.44. The fourth-order valence-corrected chi connectivity index (χ4v) is 1.94. The summed E-state index contributed by atoms with van der Waals surface area (Å²) in [6.07, 6.45) is 0.0519. The van der Waals surface area contributed by atoms with Crippen LogP contribution in [0.4, 0.5) is 5.69 Å². The first-order valence-corrected chi connectivity index (χ1v) is 6.80. The van der Waals surface area contributed by atoms with Crippen molar-refractivity contribution in [1.29, 1.82) is 0 Å². The zero-order valence-electron chi connectivity index (χ0n) is 12.7. The number of benzene rings is 1. The number of anilines is 1. The highest BCUT2D eigenvalue weighted by Crippen LogP contribution is 2.13. The summed E-state index contributed by atoms with van der Waals surface area (Å²) in [5, 5.41) is 8.60. The highest BCUT2D eigenvalue weighted by atomic mass is 16.4. The lowest BCUT2D eigenvalue weighted by Crippen LogP contribution is -2.41. The molecule has 1 aromatic carbocycles. The van der Waals surface area contributed by atoms with Crippen LogP contribution in [0.1, 0.15) is 18.4 Å². The van der Waals surface area contributed by atoms with E-state index in [0.29, 0.717) is 6.54 Å². The van der Waals surface area contributed by atoms with Gasteiger partial charge in [-0.2, -0.15) is 0 Å². The van der Waals surface area contributed by atoms with Crippen LogP contribution in [0, 0.1) is 0 Å². The number of rotatable bonds is 7. The van der Waals surface area contributed by atoms with Gasteiger partial charge in [0.25, 0.3) is 0 Å². The molecular weight excluding hydrogens is 270 g/mol. The largest absolute Gasteiger partial charge is 0.481 e. The van der Waals surface area contributed by atoms with E-state index in [2.05, 4.69) is 0 Å². The Balaban J connectivity index is 2.57. The number of nitrogens with zero attached hydrogens (tertiary/aromatic N) is 2. The molecule has 1 aromatic rings. The SMILES string of the molecule is CN(Cc1ccc(N(C)C)cc1)C(=O)C(N)CCC(=O)O. The molecule has 0 saturated heterocycles. The van der Waals surface area contributed by atoms with E-state index in [1.165, 1.54) is 4.90 Å². The summed E-state index contributed by atoms with van der Waals surface area (Å²) in [4.78, 5) is 26.0. The number of carboxylic acid groups (broad SMARTS) is 1. The van der Waals surface area contributed by atoms with E-state index in [4.69, 9.17) is 10.8 Å². The molecule has 1 atom stereocenters. The van der Waals surface area contributed by atoms with Crippen molar-refractivity contribution in [3.63, 3.8) is 0 Å². The van der Waals surface area contributed by atoms with Crippen LogP contribution >= 0.6 is 0 Å². The van der Waals surface area contributed by atoms with E-state index in [1.807, 2.05) is 43.3 Å². The van der Waals surface area contributed by atoms with Crippen molar-refractivity contribution in [1.82, 2.24) is 4.90 Å². The lowest BCUT2D eigenvalue weighted by molar-refractivity contribution is -0.137. The Morgan fingerprint density at radius 2 is 1.76 bits per heavy atom. The molecule has 1 rings (SSSR count). The minimum absolute atomic E-state index is 0.0989. The number of likely N-dealkylation sites (N-methyl/N-ethyl adjacent to an activating group) is 1. The molecule has 116 valence electrons. The van der Waals surface area contributed by atoms with E-state index >= 15 is 0 Å². The molecular formula is C15H23N3O3. The lowest BCUT2D eigenvalue weighted by atomic mass is 10.1. The fraction of sp³-hybridized carbons (Fsp3) is 0.467. The maximum Gasteiger partial charge on any atom is 0.303 e. The van der Waals surface area contributed by atoms with Gasteiger partial charge >= 0.3 is 5.97 Å². The van der Waals surface area contributed by atoms with Crippen LogP contribution in [0.5, 0.6) is 0 Å². The molecule has 0 bridgehead atoms. The Morgan fingerprint density at radius 1 is 1.19 bits per heavy atom. The van der Waals surface area contributed by atoms with Gasteiger partial charge in [0.05, 0.1) is 6.04 Å². The Labute approximate surface area is 125 Å². The number of amides is 1. The quantitative estimate of drug-likeness (QED) is 0.780. The molecule has 0 aromatic heterocycles. The molecule has 0 saturated carbocycles. The van der Waals surface area contributed by atoms with E-state index in [-0.39, 0.29) is 18.7 Å². The summed E-state index contributed by atoms with van der Waals surface area (Å²) >= 11 is 0. The normalized spacial score (nSPS) is 11.8. The van der Waals surface area contributed by atoms with Crippen LogP contribution < -0.4 is 10.6 Å². The van der Waals surface area contributed by atoms with Crippen molar-refractivity contribution in [3.05, 3.63) is 29.8 Å². The average molecular weight is 293 g/mol. The van der Waals surface area contributed by atoms with Crippen LogP contribution in [0.25, 0.3) is 0 Å². The van der Waals surface area contributed by atoms with Gasteiger partial charge in [0, 0.05) is 39.8 Å². The number of carbonyl (C=O) groups excluding carboxylic acids is 1. The standard InChI is InChI=1S/C15H23N3O3/c1-17(2)12-6-4-11(5-7-12)10-18(3)15(21)13(16)8-9-14(19)20/h4-7,13H,8-10,16H2,1-3H3,(H,19,20). The number of carbonyl (C=O) groups is 2. The third-order valence-corrected chi connectivity index (χ3v) is 3.24. The molecule has 6 heteroatoms. The van der Waals surface area contributed by atoms with Gasteiger partial charge in [-0.05, 0) is 24.1 Å². The van der Waals surface area contributed by atoms with Gasteiger partial charge in [-0.3, -0.25) is 9.59 Å². The lowest BCUT2D eigenvalue weighted by Gasteiger charge is -2.21. The number of carboxylic acids is 1. The monoisotopic (exact) mass is 293 g/mol.